The van der Waals surface area contributed by atoms with Crippen LogP contribution in [0.2, 0.25) is 0 Å². The van der Waals surface area contributed by atoms with Gasteiger partial charge in [0, 0.05) is 36.2 Å². The molecule has 2 N–H and O–H groups in total. The van der Waals surface area contributed by atoms with Gasteiger partial charge in [-0.25, -0.2) is 0 Å². The SMILES string of the molecule is CC(=O)Nc1cccc(NC(=O)CCSCc2ccccc2)c1. The molecule has 0 saturated carbocycles. The Kier molecular flexibility index (Phi) is 6.69. The summed E-state index contributed by atoms with van der Waals surface area (Å²) in [6.07, 6.45) is 0.460. The van der Waals surface area contributed by atoms with Crippen LogP contribution in [0.5, 0.6) is 0 Å². The van der Waals surface area contributed by atoms with E-state index in [0.29, 0.717) is 17.8 Å². The van der Waals surface area contributed by atoms with Crippen LogP contribution in [0.3, 0.4) is 0 Å². The molecule has 4 nitrogen and oxygen atoms in total. The van der Waals surface area contributed by atoms with Crippen LogP contribution >= 0.6 is 11.8 Å². The monoisotopic (exact) mass is 328 g/mol. The Bertz CT molecular complexity index is 659. The van der Waals surface area contributed by atoms with E-state index in [9.17, 15) is 9.59 Å². The van der Waals surface area contributed by atoms with Crippen LogP contribution in [0.15, 0.2) is 54.6 Å². The first-order valence-electron chi connectivity index (χ1n) is 7.42. The highest BCUT2D eigenvalue weighted by Gasteiger charge is 2.04. The Morgan fingerprint density at radius 2 is 1.65 bits per heavy atom. The molecule has 0 aromatic heterocycles. The van der Waals surface area contributed by atoms with Crippen molar-refractivity contribution in [1.82, 2.24) is 0 Å². The lowest BCUT2D eigenvalue weighted by Crippen LogP contribution is -2.13. The highest BCUT2D eigenvalue weighted by atomic mass is 32.2. The molecule has 2 rings (SSSR count). The second-order valence-electron chi connectivity index (χ2n) is 5.10. The van der Waals surface area contributed by atoms with E-state index < -0.39 is 0 Å². The normalized spacial score (nSPS) is 10.1. The molecule has 0 aliphatic carbocycles. The molecule has 0 aliphatic heterocycles. The lowest BCUT2D eigenvalue weighted by Gasteiger charge is -2.08. The summed E-state index contributed by atoms with van der Waals surface area (Å²) < 4.78 is 0. The van der Waals surface area contributed by atoms with Crippen LogP contribution < -0.4 is 10.6 Å². The molecule has 0 bridgehead atoms. The molecule has 0 unspecified atom stereocenters. The summed E-state index contributed by atoms with van der Waals surface area (Å²) in [5.41, 5.74) is 2.63. The van der Waals surface area contributed by atoms with Crippen LogP contribution in [0, 0.1) is 0 Å². The van der Waals surface area contributed by atoms with Crippen molar-refractivity contribution in [1.29, 1.82) is 0 Å². The maximum atomic E-state index is 11.9. The first-order chi connectivity index (χ1) is 11.1. The standard InChI is InChI=1S/C18H20N2O2S/c1-14(21)19-16-8-5-9-17(12-16)20-18(22)10-11-23-13-15-6-3-2-4-7-15/h2-9,12H,10-11,13H2,1H3,(H,19,21)(H,20,22). The Hall–Kier alpha value is -2.27. The number of hydrogen-bond acceptors (Lipinski definition) is 3. The van der Waals surface area contributed by atoms with Crippen LogP contribution in [0.1, 0.15) is 18.9 Å². The third kappa shape index (κ3) is 6.57. The molecule has 120 valence electrons. The molecule has 0 fully saturated rings. The van der Waals surface area contributed by atoms with Crippen LogP contribution in [-0.2, 0) is 15.3 Å². The van der Waals surface area contributed by atoms with Gasteiger partial charge in [0.25, 0.3) is 0 Å². The first kappa shape index (κ1) is 17.1. The summed E-state index contributed by atoms with van der Waals surface area (Å²) in [7, 11) is 0. The summed E-state index contributed by atoms with van der Waals surface area (Å²) in [6, 6.07) is 17.3. The molecule has 0 aliphatic rings. The maximum Gasteiger partial charge on any atom is 0.225 e. The van der Waals surface area contributed by atoms with Gasteiger partial charge in [0.15, 0.2) is 0 Å². The second-order valence-corrected chi connectivity index (χ2v) is 6.20. The van der Waals surface area contributed by atoms with Crippen molar-refractivity contribution in [3.63, 3.8) is 0 Å². The van der Waals surface area contributed by atoms with Crippen molar-refractivity contribution in [3.8, 4) is 0 Å². The lowest BCUT2D eigenvalue weighted by atomic mass is 10.2. The number of amides is 2. The lowest BCUT2D eigenvalue weighted by molar-refractivity contribution is -0.116. The zero-order chi connectivity index (χ0) is 16.5. The smallest absolute Gasteiger partial charge is 0.225 e. The molecule has 0 heterocycles. The van der Waals surface area contributed by atoms with Crippen molar-refractivity contribution < 1.29 is 9.59 Å². The molecule has 5 heteroatoms. The fraction of sp³-hybridized carbons (Fsp3) is 0.222. The summed E-state index contributed by atoms with van der Waals surface area (Å²) >= 11 is 1.74. The topological polar surface area (TPSA) is 58.2 Å². The van der Waals surface area contributed by atoms with E-state index in [4.69, 9.17) is 0 Å². The molecule has 2 aromatic carbocycles. The maximum absolute atomic E-state index is 11.9. The van der Waals surface area contributed by atoms with Gasteiger partial charge in [-0.05, 0) is 23.8 Å². The zero-order valence-electron chi connectivity index (χ0n) is 13.0. The summed E-state index contributed by atoms with van der Waals surface area (Å²) in [6.45, 7) is 1.45. The van der Waals surface area contributed by atoms with Crippen LogP contribution in [-0.4, -0.2) is 17.6 Å². The molecule has 0 radical (unpaired) electrons. The molecule has 0 spiro atoms. The summed E-state index contributed by atoms with van der Waals surface area (Å²) in [4.78, 5) is 23.0. The number of anilines is 2. The van der Waals surface area contributed by atoms with E-state index in [1.807, 2.05) is 18.2 Å². The van der Waals surface area contributed by atoms with Gasteiger partial charge in [0.2, 0.25) is 11.8 Å². The van der Waals surface area contributed by atoms with Crippen LogP contribution in [0.25, 0.3) is 0 Å². The second kappa shape index (κ2) is 9.00. The van der Waals surface area contributed by atoms with Crippen molar-refractivity contribution in [3.05, 3.63) is 60.2 Å². The van der Waals surface area contributed by atoms with Gasteiger partial charge < -0.3 is 10.6 Å². The van der Waals surface area contributed by atoms with E-state index in [-0.39, 0.29) is 11.8 Å². The van der Waals surface area contributed by atoms with Crippen molar-refractivity contribution >= 4 is 35.0 Å². The minimum Gasteiger partial charge on any atom is -0.326 e. The molecule has 2 aromatic rings. The zero-order valence-corrected chi connectivity index (χ0v) is 13.9. The van der Waals surface area contributed by atoms with E-state index >= 15 is 0 Å². The summed E-state index contributed by atoms with van der Waals surface area (Å²) in [5.74, 6) is 1.52. The fourth-order valence-electron chi connectivity index (χ4n) is 2.03. The summed E-state index contributed by atoms with van der Waals surface area (Å²) in [5, 5.41) is 5.55. The molecule has 0 atom stereocenters. The Morgan fingerprint density at radius 1 is 0.957 bits per heavy atom. The van der Waals surface area contributed by atoms with E-state index in [2.05, 4.69) is 22.8 Å². The number of nitrogens with one attached hydrogen (secondary N) is 2. The van der Waals surface area contributed by atoms with Gasteiger partial charge in [0.05, 0.1) is 0 Å². The fourth-order valence-corrected chi connectivity index (χ4v) is 2.93. The average molecular weight is 328 g/mol. The highest BCUT2D eigenvalue weighted by molar-refractivity contribution is 7.98. The van der Waals surface area contributed by atoms with E-state index in [0.717, 1.165) is 11.5 Å². The number of carbonyl (C=O) groups is 2. The minimum atomic E-state index is -0.134. The molecule has 2 amide bonds. The predicted molar refractivity (Wildman–Crippen MR) is 96.6 cm³/mol. The van der Waals surface area contributed by atoms with Gasteiger partial charge in [-0.1, -0.05) is 36.4 Å². The minimum absolute atomic E-state index is 0.0227. The van der Waals surface area contributed by atoms with Gasteiger partial charge in [-0.2, -0.15) is 11.8 Å². The third-order valence-corrected chi connectivity index (χ3v) is 4.08. The Morgan fingerprint density at radius 3 is 2.35 bits per heavy atom. The van der Waals surface area contributed by atoms with Gasteiger partial charge in [-0.3, -0.25) is 9.59 Å². The number of benzene rings is 2. The predicted octanol–water partition coefficient (Wildman–Crippen LogP) is 3.91. The largest absolute Gasteiger partial charge is 0.326 e. The van der Waals surface area contributed by atoms with Crippen LogP contribution in [0.4, 0.5) is 11.4 Å². The van der Waals surface area contributed by atoms with Gasteiger partial charge in [0.1, 0.15) is 0 Å². The number of carbonyl (C=O) groups excluding carboxylic acids is 2. The quantitative estimate of drug-likeness (QED) is 0.758. The number of rotatable bonds is 7. The van der Waals surface area contributed by atoms with Gasteiger partial charge in [-0.15, -0.1) is 0 Å². The highest BCUT2D eigenvalue weighted by Crippen LogP contribution is 2.16. The molecule has 23 heavy (non-hydrogen) atoms. The Labute approximate surface area is 140 Å². The molecular weight excluding hydrogens is 308 g/mol. The molecule has 0 saturated heterocycles. The average Bonchev–Trinajstić information content (AvgIpc) is 2.52. The van der Waals surface area contributed by atoms with Crippen molar-refractivity contribution in [2.24, 2.45) is 0 Å². The molecular formula is C18H20N2O2S. The first-order valence-corrected chi connectivity index (χ1v) is 8.58. The number of thioether (sulfide) groups is 1. The number of hydrogen-bond donors (Lipinski definition) is 2. The van der Waals surface area contributed by atoms with E-state index in [1.165, 1.54) is 12.5 Å². The van der Waals surface area contributed by atoms with Crippen molar-refractivity contribution in [2.75, 3.05) is 16.4 Å². The van der Waals surface area contributed by atoms with Crippen molar-refractivity contribution in [2.45, 2.75) is 19.1 Å². The Balaban J connectivity index is 1.73. The third-order valence-electron chi connectivity index (χ3n) is 3.05. The van der Waals surface area contributed by atoms with E-state index in [1.54, 1.807) is 36.0 Å². The van der Waals surface area contributed by atoms with Gasteiger partial charge >= 0.3 is 0 Å².